The summed E-state index contributed by atoms with van der Waals surface area (Å²) in [6.07, 6.45) is 0.0572. The maximum atomic E-state index is 12.8. The van der Waals surface area contributed by atoms with Crippen LogP contribution in [0.2, 0.25) is 0 Å². The summed E-state index contributed by atoms with van der Waals surface area (Å²) in [7, 11) is 1.61. The van der Waals surface area contributed by atoms with E-state index in [1.807, 2.05) is 81.4 Å². The average Bonchev–Trinajstić information content (AvgIpc) is 2.76. The lowest BCUT2D eigenvalue weighted by atomic mass is 10.1. The van der Waals surface area contributed by atoms with E-state index in [1.54, 1.807) is 7.11 Å². The van der Waals surface area contributed by atoms with Crippen LogP contribution >= 0.6 is 0 Å². The largest absolute Gasteiger partial charge is 0.493 e. The Hall–Kier alpha value is -3.21. The highest BCUT2D eigenvalue weighted by atomic mass is 16.5. The van der Waals surface area contributed by atoms with Gasteiger partial charge in [-0.25, -0.2) is 0 Å². The first-order valence-corrected chi connectivity index (χ1v) is 10.3. The summed E-state index contributed by atoms with van der Waals surface area (Å²) in [5.41, 5.74) is 0.927. The zero-order valence-corrected chi connectivity index (χ0v) is 18.0. The Morgan fingerprint density at radius 3 is 2.43 bits per heavy atom. The lowest BCUT2D eigenvalue weighted by Crippen LogP contribution is -2.37. The van der Waals surface area contributed by atoms with Crippen molar-refractivity contribution in [1.29, 1.82) is 0 Å². The molecule has 3 rings (SSSR count). The number of nitrogens with one attached hydrogen (secondary N) is 1. The van der Waals surface area contributed by atoms with Crippen molar-refractivity contribution in [3.05, 3.63) is 66.2 Å². The number of ether oxygens (including phenoxy) is 3. The summed E-state index contributed by atoms with van der Waals surface area (Å²) >= 11 is 0. The van der Waals surface area contributed by atoms with Gasteiger partial charge in [0.05, 0.1) is 13.2 Å². The number of hydrogen-bond donors (Lipinski definition) is 1. The monoisotopic (exact) mass is 407 g/mol. The van der Waals surface area contributed by atoms with Crippen LogP contribution in [0.3, 0.4) is 0 Å². The lowest BCUT2D eigenvalue weighted by Gasteiger charge is -2.19. The number of carbonyl (C=O) groups excluding carboxylic acids is 1. The van der Waals surface area contributed by atoms with Gasteiger partial charge in [0.15, 0.2) is 17.6 Å². The standard InChI is InChI=1S/C25H29NO4/c1-5-21(30-22-12-8-10-19-9-6-7-11-20(19)22)25(27)26-16-18-13-14-23(29-17(2)3)24(15-18)28-4/h6-15,17,21H,5,16H2,1-4H3,(H,26,27). The molecule has 3 aromatic rings. The van der Waals surface area contributed by atoms with Crippen molar-refractivity contribution in [3.63, 3.8) is 0 Å². The zero-order chi connectivity index (χ0) is 21.5. The van der Waals surface area contributed by atoms with Crippen LogP contribution in [-0.2, 0) is 11.3 Å². The van der Waals surface area contributed by atoms with Gasteiger partial charge in [0, 0.05) is 11.9 Å². The Morgan fingerprint density at radius 2 is 1.70 bits per heavy atom. The number of rotatable bonds is 9. The maximum absolute atomic E-state index is 12.8. The molecular formula is C25H29NO4. The second-order valence-electron chi connectivity index (χ2n) is 7.36. The Morgan fingerprint density at radius 1 is 0.933 bits per heavy atom. The van der Waals surface area contributed by atoms with Gasteiger partial charge in [-0.15, -0.1) is 0 Å². The highest BCUT2D eigenvalue weighted by molar-refractivity contribution is 5.89. The molecule has 0 radical (unpaired) electrons. The van der Waals surface area contributed by atoms with E-state index in [2.05, 4.69) is 5.32 Å². The number of carbonyl (C=O) groups is 1. The molecule has 0 aliphatic rings. The fraction of sp³-hybridized carbons (Fsp3) is 0.320. The summed E-state index contributed by atoms with van der Waals surface area (Å²) in [4.78, 5) is 12.8. The van der Waals surface area contributed by atoms with Crippen LogP contribution in [0, 0.1) is 0 Å². The first kappa shape index (κ1) is 21.5. The van der Waals surface area contributed by atoms with E-state index in [0.717, 1.165) is 16.3 Å². The summed E-state index contributed by atoms with van der Waals surface area (Å²) < 4.78 is 17.2. The SMILES string of the molecule is CCC(Oc1cccc2ccccc12)C(=O)NCc1ccc(OC(C)C)c(OC)c1. The Kier molecular flexibility index (Phi) is 7.17. The third kappa shape index (κ3) is 5.23. The molecule has 0 aromatic heterocycles. The Bertz CT molecular complexity index is 994. The van der Waals surface area contributed by atoms with E-state index >= 15 is 0 Å². The Balaban J connectivity index is 1.67. The third-order valence-corrected chi connectivity index (χ3v) is 4.74. The quantitative estimate of drug-likeness (QED) is 0.536. The first-order chi connectivity index (χ1) is 14.5. The van der Waals surface area contributed by atoms with Gasteiger partial charge in [0.1, 0.15) is 5.75 Å². The molecule has 30 heavy (non-hydrogen) atoms. The summed E-state index contributed by atoms with van der Waals surface area (Å²) in [5.74, 6) is 1.90. The van der Waals surface area contributed by atoms with Crippen molar-refractivity contribution in [2.24, 2.45) is 0 Å². The van der Waals surface area contributed by atoms with Gasteiger partial charge < -0.3 is 19.5 Å². The number of hydrogen-bond acceptors (Lipinski definition) is 4. The smallest absolute Gasteiger partial charge is 0.261 e. The number of amides is 1. The summed E-state index contributed by atoms with van der Waals surface area (Å²) in [6.45, 7) is 6.26. The van der Waals surface area contributed by atoms with Crippen LogP contribution in [-0.4, -0.2) is 25.2 Å². The second-order valence-corrected chi connectivity index (χ2v) is 7.36. The predicted molar refractivity (Wildman–Crippen MR) is 119 cm³/mol. The molecule has 158 valence electrons. The molecule has 0 aliphatic carbocycles. The van der Waals surface area contributed by atoms with Crippen molar-refractivity contribution in [2.45, 2.75) is 45.9 Å². The zero-order valence-electron chi connectivity index (χ0n) is 18.0. The van der Waals surface area contributed by atoms with Crippen molar-refractivity contribution in [1.82, 2.24) is 5.32 Å². The van der Waals surface area contributed by atoms with Crippen LogP contribution < -0.4 is 19.5 Å². The van der Waals surface area contributed by atoms with Gasteiger partial charge in [-0.3, -0.25) is 4.79 Å². The molecule has 5 nitrogen and oxygen atoms in total. The topological polar surface area (TPSA) is 56.8 Å². The lowest BCUT2D eigenvalue weighted by molar-refractivity contribution is -0.128. The molecule has 1 N–H and O–H groups in total. The molecule has 5 heteroatoms. The van der Waals surface area contributed by atoms with Gasteiger partial charge in [0.2, 0.25) is 0 Å². The molecule has 3 aromatic carbocycles. The first-order valence-electron chi connectivity index (χ1n) is 10.3. The van der Waals surface area contributed by atoms with Crippen molar-refractivity contribution in [2.75, 3.05) is 7.11 Å². The van der Waals surface area contributed by atoms with Gasteiger partial charge in [-0.1, -0.05) is 49.4 Å². The van der Waals surface area contributed by atoms with E-state index in [0.29, 0.717) is 30.2 Å². The molecule has 0 heterocycles. The highest BCUT2D eigenvalue weighted by Crippen LogP contribution is 2.29. The molecule has 0 bridgehead atoms. The number of benzene rings is 3. The highest BCUT2D eigenvalue weighted by Gasteiger charge is 2.19. The van der Waals surface area contributed by atoms with E-state index in [1.165, 1.54) is 0 Å². The molecule has 1 amide bonds. The fourth-order valence-corrected chi connectivity index (χ4v) is 3.25. The minimum Gasteiger partial charge on any atom is -0.493 e. The molecule has 0 saturated heterocycles. The minimum atomic E-state index is -0.568. The number of fused-ring (bicyclic) bond motifs is 1. The molecular weight excluding hydrogens is 378 g/mol. The van der Waals surface area contributed by atoms with Crippen molar-refractivity contribution >= 4 is 16.7 Å². The molecule has 1 atom stereocenters. The van der Waals surface area contributed by atoms with Gasteiger partial charge in [-0.05, 0) is 49.4 Å². The molecule has 0 saturated carbocycles. The molecule has 1 unspecified atom stereocenters. The average molecular weight is 408 g/mol. The fourth-order valence-electron chi connectivity index (χ4n) is 3.25. The van der Waals surface area contributed by atoms with Crippen LogP contribution in [0.5, 0.6) is 17.2 Å². The summed E-state index contributed by atoms with van der Waals surface area (Å²) in [5, 5.41) is 5.05. The van der Waals surface area contributed by atoms with Crippen molar-refractivity contribution in [3.8, 4) is 17.2 Å². The van der Waals surface area contributed by atoms with Gasteiger partial charge in [-0.2, -0.15) is 0 Å². The van der Waals surface area contributed by atoms with Crippen LogP contribution in [0.1, 0.15) is 32.8 Å². The Labute approximate surface area is 178 Å². The van der Waals surface area contributed by atoms with E-state index < -0.39 is 6.10 Å². The van der Waals surface area contributed by atoms with E-state index in [4.69, 9.17) is 14.2 Å². The minimum absolute atomic E-state index is 0.0565. The molecule has 0 aliphatic heterocycles. The van der Waals surface area contributed by atoms with Crippen molar-refractivity contribution < 1.29 is 19.0 Å². The van der Waals surface area contributed by atoms with Gasteiger partial charge in [0.25, 0.3) is 5.91 Å². The van der Waals surface area contributed by atoms with Crippen LogP contribution in [0.25, 0.3) is 10.8 Å². The van der Waals surface area contributed by atoms with E-state index in [9.17, 15) is 4.79 Å². The number of methoxy groups -OCH3 is 1. The summed E-state index contributed by atoms with van der Waals surface area (Å²) in [6, 6.07) is 19.5. The normalized spacial score (nSPS) is 11.9. The third-order valence-electron chi connectivity index (χ3n) is 4.74. The molecule has 0 fully saturated rings. The van der Waals surface area contributed by atoms with Crippen LogP contribution in [0.15, 0.2) is 60.7 Å². The predicted octanol–water partition coefficient (Wildman–Crippen LogP) is 5.11. The molecule has 0 spiro atoms. The van der Waals surface area contributed by atoms with Gasteiger partial charge >= 0.3 is 0 Å². The van der Waals surface area contributed by atoms with Crippen LogP contribution in [0.4, 0.5) is 0 Å². The maximum Gasteiger partial charge on any atom is 0.261 e. The second kappa shape index (κ2) is 10.0. The van der Waals surface area contributed by atoms with E-state index in [-0.39, 0.29) is 12.0 Å².